The molecule has 10 nitrogen and oxygen atoms in total. The van der Waals surface area contributed by atoms with Crippen molar-refractivity contribution in [1.82, 2.24) is 14.8 Å². The van der Waals surface area contributed by atoms with E-state index in [9.17, 15) is 9.59 Å². The highest BCUT2D eigenvalue weighted by Gasteiger charge is 2.75. The second-order valence-corrected chi connectivity index (χ2v) is 17.1. The van der Waals surface area contributed by atoms with Crippen LogP contribution in [0.1, 0.15) is 75.8 Å². The Morgan fingerprint density at radius 3 is 2.55 bits per heavy atom. The van der Waals surface area contributed by atoms with Gasteiger partial charge in [-0.1, -0.05) is 55.8 Å². The van der Waals surface area contributed by atoms with Gasteiger partial charge in [0, 0.05) is 90.9 Å². The molecule has 1 aliphatic carbocycles. The summed E-state index contributed by atoms with van der Waals surface area (Å²) in [5, 5.41) is 1.14. The molecule has 1 spiro atoms. The summed E-state index contributed by atoms with van der Waals surface area (Å²) >= 11 is 0. The quantitative estimate of drug-likeness (QED) is 0.229. The smallest absolute Gasteiger partial charge is 0.314 e. The van der Waals surface area contributed by atoms with Gasteiger partial charge in [-0.25, -0.2) is 0 Å². The number of carbonyl (C=O) groups is 3. The Balaban J connectivity index is 1.34. The number of nitrogens with zero attached hydrogens (tertiary/aromatic N) is 3. The number of para-hydroxylation sites is 1. The van der Waals surface area contributed by atoms with Crippen LogP contribution in [-0.2, 0) is 41.2 Å². The maximum absolute atomic E-state index is 15.0. The molecule has 6 heterocycles. The van der Waals surface area contributed by atoms with Crippen LogP contribution in [0, 0.1) is 17.3 Å². The second kappa shape index (κ2) is 12.8. The third kappa shape index (κ3) is 4.76. The molecule has 3 aromatic rings. The first-order valence-corrected chi connectivity index (χ1v) is 20.1. The number of methoxy groups -OCH3 is 2. The van der Waals surface area contributed by atoms with Gasteiger partial charge in [0.2, 0.25) is 0 Å². The number of aromatic amines is 1. The molecular weight excluding hydrogens is 693 g/mol. The second-order valence-electron chi connectivity index (χ2n) is 17.1. The first-order valence-electron chi connectivity index (χ1n) is 20.1. The van der Waals surface area contributed by atoms with Gasteiger partial charge in [0.1, 0.15) is 23.6 Å². The Labute approximate surface area is 323 Å². The molecule has 2 fully saturated rings. The van der Waals surface area contributed by atoms with Gasteiger partial charge >= 0.3 is 11.9 Å². The summed E-state index contributed by atoms with van der Waals surface area (Å²) < 4.78 is 18.3. The van der Waals surface area contributed by atoms with Crippen LogP contribution in [0.25, 0.3) is 10.9 Å². The fourth-order valence-electron chi connectivity index (χ4n) is 12.8. The summed E-state index contributed by atoms with van der Waals surface area (Å²) in [6.07, 6.45) is 9.18. The molecular formula is C45H54N4O6. The van der Waals surface area contributed by atoms with E-state index in [-0.39, 0.29) is 29.8 Å². The molecule has 9 atom stereocenters. The molecule has 2 aromatic carbocycles. The lowest BCUT2D eigenvalue weighted by molar-refractivity contribution is -0.183. The van der Waals surface area contributed by atoms with E-state index in [0.29, 0.717) is 18.6 Å². The van der Waals surface area contributed by atoms with E-state index in [4.69, 9.17) is 14.2 Å². The number of benzene rings is 2. The van der Waals surface area contributed by atoms with Crippen molar-refractivity contribution >= 4 is 34.3 Å². The molecule has 0 radical (unpaired) electrons. The first kappa shape index (κ1) is 36.2. The Kier molecular flexibility index (Phi) is 8.44. The van der Waals surface area contributed by atoms with E-state index in [1.807, 2.05) is 0 Å². The molecule has 1 saturated heterocycles. The number of rotatable bonds is 7. The minimum absolute atomic E-state index is 0.0635. The Bertz CT molecular complexity index is 2170. The van der Waals surface area contributed by atoms with E-state index >= 15 is 4.79 Å². The predicted octanol–water partition coefficient (Wildman–Crippen LogP) is 6.05. The summed E-state index contributed by atoms with van der Waals surface area (Å²) in [5.74, 6) is -0.664. The highest BCUT2D eigenvalue weighted by atomic mass is 16.6. The number of esters is 2. The number of Topliss-reactive ketones (excluding diaryl/α,β-unsaturated/α-hetero) is 1. The summed E-state index contributed by atoms with van der Waals surface area (Å²) in [4.78, 5) is 53.3. The van der Waals surface area contributed by atoms with E-state index in [1.165, 1.54) is 25.2 Å². The Morgan fingerprint density at radius 2 is 1.84 bits per heavy atom. The minimum atomic E-state index is -1.05. The van der Waals surface area contributed by atoms with Crippen molar-refractivity contribution in [1.29, 1.82) is 0 Å². The van der Waals surface area contributed by atoms with Crippen LogP contribution in [0.5, 0.6) is 5.75 Å². The SMILES string of the molecule is CCC1=C[C@H]2CN(C1)Cc1c([nH]c3ccccc13)[C@@](C(C)=O)(c1cc3c(cc1OC)N(C)[C@H]1[C@@H](C(=O)OC)[C@H](OC(C)=O)[C@]4(CC)C=CCN5CCC31[C@@H]54)C2. The molecule has 1 N–H and O–H groups in total. The molecule has 9 rings (SSSR count). The standard InChI is InChI=1S/C45H54N4O6/c1-8-28-19-29-22-45(26(3)50,38-31(25-48(23-28)24-29)30-13-10-11-14-34(30)46-38)33-20-32-35(21-36(33)53-6)47(5)39-37(41(52)54-7)40(55-27(4)51)43(9-2)15-12-17-49-18-16-44(32,39)42(43)49/h10-15,19-21,29,37,39-40,42,46H,8-9,16-18,22-25H2,1-7H3/t29-,37-,39+,40+,42+,43+,44?,45+/m1/s1. The molecule has 10 heteroatoms. The number of likely N-dealkylation sites (N-methyl/N-ethyl adjacent to an activating group) is 1. The zero-order chi connectivity index (χ0) is 38.6. The van der Waals surface area contributed by atoms with Crippen molar-refractivity contribution in [3.05, 3.63) is 82.6 Å². The van der Waals surface area contributed by atoms with E-state index < -0.39 is 34.2 Å². The number of aromatic nitrogens is 1. The van der Waals surface area contributed by atoms with Crippen LogP contribution < -0.4 is 9.64 Å². The van der Waals surface area contributed by atoms with Gasteiger partial charge in [-0.3, -0.25) is 24.2 Å². The normalized spacial score (nSPS) is 34.5. The van der Waals surface area contributed by atoms with Crippen LogP contribution in [0.2, 0.25) is 0 Å². The summed E-state index contributed by atoms with van der Waals surface area (Å²) in [6, 6.07) is 12.4. The molecule has 2 unspecified atom stereocenters. The molecule has 290 valence electrons. The van der Waals surface area contributed by atoms with Crippen LogP contribution in [-0.4, -0.2) is 98.1 Å². The van der Waals surface area contributed by atoms with Gasteiger partial charge in [0.15, 0.2) is 0 Å². The number of ether oxygens (including phenoxy) is 3. The molecule has 6 aliphatic rings. The van der Waals surface area contributed by atoms with Crippen LogP contribution >= 0.6 is 0 Å². The van der Waals surface area contributed by atoms with Gasteiger partial charge in [0.05, 0.1) is 25.7 Å². The van der Waals surface area contributed by atoms with Crippen LogP contribution in [0.15, 0.2) is 60.2 Å². The van der Waals surface area contributed by atoms with Gasteiger partial charge in [-0.05, 0) is 68.3 Å². The minimum Gasteiger partial charge on any atom is -0.496 e. The van der Waals surface area contributed by atoms with Crippen molar-refractivity contribution in [2.24, 2.45) is 17.3 Å². The van der Waals surface area contributed by atoms with E-state index in [0.717, 1.165) is 79.0 Å². The number of H-pyrrole nitrogens is 1. The molecule has 1 aromatic heterocycles. The number of hydrogen-bond acceptors (Lipinski definition) is 9. The fourth-order valence-corrected chi connectivity index (χ4v) is 12.8. The molecule has 0 amide bonds. The lowest BCUT2D eigenvalue weighted by Gasteiger charge is -2.61. The maximum Gasteiger partial charge on any atom is 0.314 e. The zero-order valence-corrected chi connectivity index (χ0v) is 33.2. The van der Waals surface area contributed by atoms with Crippen molar-refractivity contribution in [2.75, 3.05) is 52.3 Å². The van der Waals surface area contributed by atoms with Crippen molar-refractivity contribution in [3.8, 4) is 5.75 Å². The van der Waals surface area contributed by atoms with Crippen LogP contribution in [0.4, 0.5) is 5.69 Å². The number of hydrogen-bond donors (Lipinski definition) is 1. The van der Waals surface area contributed by atoms with E-state index in [1.54, 1.807) is 14.0 Å². The van der Waals surface area contributed by atoms with Gasteiger partial charge < -0.3 is 24.1 Å². The van der Waals surface area contributed by atoms with Crippen molar-refractivity contribution in [3.63, 3.8) is 0 Å². The topological polar surface area (TPSA) is 104 Å². The Hall–Kier alpha value is -4.41. The molecule has 1 saturated carbocycles. The van der Waals surface area contributed by atoms with Crippen molar-refractivity contribution < 1.29 is 28.6 Å². The first-order chi connectivity index (χ1) is 26.5. The monoisotopic (exact) mass is 746 g/mol. The summed E-state index contributed by atoms with van der Waals surface area (Å²) in [6.45, 7) is 11.7. The Morgan fingerprint density at radius 1 is 1.04 bits per heavy atom. The van der Waals surface area contributed by atoms with Gasteiger partial charge in [0.25, 0.3) is 0 Å². The average Bonchev–Trinajstić information content (AvgIpc) is 3.83. The van der Waals surface area contributed by atoms with Crippen LogP contribution in [0.3, 0.4) is 0 Å². The maximum atomic E-state index is 15.0. The third-order valence-electron chi connectivity index (χ3n) is 14.8. The number of carbonyl (C=O) groups excluding carboxylic acids is 3. The number of ketones is 1. The fraction of sp³-hybridized carbons (Fsp3) is 0.533. The molecule has 55 heavy (non-hydrogen) atoms. The third-order valence-corrected chi connectivity index (χ3v) is 14.8. The number of anilines is 1. The summed E-state index contributed by atoms with van der Waals surface area (Å²) in [5.41, 5.74) is 5.29. The lowest BCUT2D eigenvalue weighted by atomic mass is 9.49. The zero-order valence-electron chi connectivity index (χ0n) is 33.2. The average molecular weight is 747 g/mol. The highest BCUT2D eigenvalue weighted by molar-refractivity contribution is 5.97. The van der Waals surface area contributed by atoms with Gasteiger partial charge in [-0.15, -0.1) is 0 Å². The summed E-state index contributed by atoms with van der Waals surface area (Å²) in [7, 11) is 5.18. The predicted molar refractivity (Wildman–Crippen MR) is 211 cm³/mol. The number of nitrogens with one attached hydrogen (secondary N) is 1. The largest absolute Gasteiger partial charge is 0.496 e. The highest BCUT2D eigenvalue weighted by Crippen LogP contribution is 2.67. The molecule has 5 aliphatic heterocycles. The lowest BCUT2D eigenvalue weighted by Crippen LogP contribution is -2.73. The van der Waals surface area contributed by atoms with Gasteiger partial charge in [-0.2, -0.15) is 0 Å². The van der Waals surface area contributed by atoms with Crippen molar-refractivity contribution in [2.45, 2.75) is 88.9 Å². The molecule has 2 bridgehead atoms. The number of fused-ring (bicyclic) bond motifs is 6. The van der Waals surface area contributed by atoms with E-state index in [2.05, 4.69) is 95.2 Å².